The average Bonchev–Trinajstić information content (AvgIpc) is 3.14. The molecule has 2 fully saturated rings. The SMILES string of the molecule is NCc1sc(N2CCCOCC2)nc1C1CC1. The van der Waals surface area contributed by atoms with Crippen LogP contribution in [0.4, 0.5) is 5.13 Å². The fourth-order valence-corrected chi connectivity index (χ4v) is 3.32. The van der Waals surface area contributed by atoms with Gasteiger partial charge in [-0.15, -0.1) is 11.3 Å². The molecule has 3 rings (SSSR count). The number of hydrogen-bond acceptors (Lipinski definition) is 5. The summed E-state index contributed by atoms with van der Waals surface area (Å²) in [5.41, 5.74) is 7.09. The van der Waals surface area contributed by atoms with Crippen LogP contribution in [0.3, 0.4) is 0 Å². The first-order valence-corrected chi connectivity index (χ1v) is 7.22. The maximum atomic E-state index is 5.82. The number of anilines is 1. The number of nitrogens with two attached hydrogens (primary N) is 1. The van der Waals surface area contributed by atoms with Crippen molar-refractivity contribution in [2.45, 2.75) is 31.7 Å². The largest absolute Gasteiger partial charge is 0.380 e. The summed E-state index contributed by atoms with van der Waals surface area (Å²) in [6.45, 7) is 4.34. The molecule has 4 nitrogen and oxygen atoms in total. The van der Waals surface area contributed by atoms with Crippen molar-refractivity contribution in [1.82, 2.24) is 4.98 Å². The van der Waals surface area contributed by atoms with E-state index in [9.17, 15) is 0 Å². The van der Waals surface area contributed by atoms with E-state index in [2.05, 4.69) is 4.90 Å². The first-order chi connectivity index (χ1) is 8.38. The van der Waals surface area contributed by atoms with Gasteiger partial charge in [-0.3, -0.25) is 0 Å². The van der Waals surface area contributed by atoms with Gasteiger partial charge in [0.25, 0.3) is 0 Å². The molecule has 1 aliphatic heterocycles. The summed E-state index contributed by atoms with van der Waals surface area (Å²) in [5, 5.41) is 1.15. The standard InChI is InChI=1S/C12H19N3OS/c13-8-10-11(9-2-3-9)14-12(17-10)15-4-1-6-16-7-5-15/h9H,1-8,13H2. The maximum Gasteiger partial charge on any atom is 0.185 e. The summed E-state index contributed by atoms with van der Waals surface area (Å²) in [6.07, 6.45) is 3.68. The predicted molar refractivity (Wildman–Crippen MR) is 69.6 cm³/mol. The van der Waals surface area contributed by atoms with E-state index < -0.39 is 0 Å². The number of rotatable bonds is 3. The Balaban J connectivity index is 1.81. The lowest BCUT2D eigenvalue weighted by molar-refractivity contribution is 0.152. The van der Waals surface area contributed by atoms with Crippen molar-refractivity contribution in [1.29, 1.82) is 0 Å². The number of ether oxygens (including phenoxy) is 1. The molecule has 1 aromatic rings. The fourth-order valence-electron chi connectivity index (χ4n) is 2.25. The topological polar surface area (TPSA) is 51.4 Å². The second kappa shape index (κ2) is 4.92. The van der Waals surface area contributed by atoms with Gasteiger partial charge < -0.3 is 15.4 Å². The molecule has 2 aliphatic rings. The van der Waals surface area contributed by atoms with E-state index in [-0.39, 0.29) is 0 Å². The van der Waals surface area contributed by atoms with Gasteiger partial charge in [-0.25, -0.2) is 4.98 Å². The second-order valence-corrected chi connectivity index (χ2v) is 5.80. The van der Waals surface area contributed by atoms with E-state index in [1.807, 2.05) is 0 Å². The fraction of sp³-hybridized carbons (Fsp3) is 0.750. The summed E-state index contributed by atoms with van der Waals surface area (Å²) in [7, 11) is 0. The number of hydrogen-bond donors (Lipinski definition) is 1. The van der Waals surface area contributed by atoms with Crippen LogP contribution in [-0.4, -0.2) is 31.3 Å². The van der Waals surface area contributed by atoms with E-state index in [0.29, 0.717) is 12.5 Å². The number of thiazole rings is 1. The molecule has 2 heterocycles. The van der Waals surface area contributed by atoms with Crippen LogP contribution in [0, 0.1) is 0 Å². The highest BCUT2D eigenvalue weighted by Crippen LogP contribution is 2.44. The molecule has 1 aliphatic carbocycles. The van der Waals surface area contributed by atoms with Gasteiger partial charge in [0.15, 0.2) is 5.13 Å². The summed E-state index contributed by atoms with van der Waals surface area (Å²) < 4.78 is 5.48. The van der Waals surface area contributed by atoms with Gasteiger partial charge in [0, 0.05) is 37.0 Å². The molecule has 5 heteroatoms. The molecular weight excluding hydrogens is 234 g/mol. The minimum Gasteiger partial charge on any atom is -0.380 e. The van der Waals surface area contributed by atoms with Crippen molar-refractivity contribution >= 4 is 16.5 Å². The predicted octanol–water partition coefficient (Wildman–Crippen LogP) is 1.71. The summed E-state index contributed by atoms with van der Waals surface area (Å²) in [6, 6.07) is 0. The third-order valence-corrected chi connectivity index (χ3v) is 4.51. The maximum absolute atomic E-state index is 5.82. The Hall–Kier alpha value is -0.650. The third-order valence-electron chi connectivity index (χ3n) is 3.36. The van der Waals surface area contributed by atoms with Crippen LogP contribution in [0.2, 0.25) is 0 Å². The monoisotopic (exact) mass is 253 g/mol. The van der Waals surface area contributed by atoms with Crippen LogP contribution in [0.25, 0.3) is 0 Å². The third kappa shape index (κ3) is 2.46. The highest BCUT2D eigenvalue weighted by molar-refractivity contribution is 7.15. The molecule has 1 aromatic heterocycles. The first kappa shape index (κ1) is 11.4. The zero-order chi connectivity index (χ0) is 11.7. The van der Waals surface area contributed by atoms with E-state index in [4.69, 9.17) is 15.5 Å². The average molecular weight is 253 g/mol. The molecule has 2 N–H and O–H groups in total. The molecule has 0 radical (unpaired) electrons. The molecular formula is C12H19N3OS. The molecule has 0 spiro atoms. The minimum atomic E-state index is 0.633. The smallest absolute Gasteiger partial charge is 0.185 e. The van der Waals surface area contributed by atoms with E-state index >= 15 is 0 Å². The van der Waals surface area contributed by atoms with Crippen molar-refractivity contribution in [3.05, 3.63) is 10.6 Å². The molecule has 0 bridgehead atoms. The van der Waals surface area contributed by atoms with Crippen molar-refractivity contribution < 1.29 is 4.74 Å². The minimum absolute atomic E-state index is 0.633. The van der Waals surface area contributed by atoms with Crippen molar-refractivity contribution in [3.63, 3.8) is 0 Å². The Bertz CT molecular complexity index is 381. The second-order valence-electron chi connectivity index (χ2n) is 4.74. The van der Waals surface area contributed by atoms with Gasteiger partial charge in [0.05, 0.1) is 12.3 Å². The van der Waals surface area contributed by atoms with Crippen LogP contribution in [0.1, 0.15) is 35.8 Å². The number of aromatic nitrogens is 1. The van der Waals surface area contributed by atoms with E-state index in [0.717, 1.165) is 37.9 Å². The van der Waals surface area contributed by atoms with Gasteiger partial charge in [-0.05, 0) is 19.3 Å². The Morgan fingerprint density at radius 1 is 1.35 bits per heavy atom. The van der Waals surface area contributed by atoms with Crippen molar-refractivity contribution in [3.8, 4) is 0 Å². The van der Waals surface area contributed by atoms with Crippen LogP contribution in [0.15, 0.2) is 0 Å². The van der Waals surface area contributed by atoms with Gasteiger partial charge in [-0.1, -0.05) is 0 Å². The molecule has 0 amide bonds. The Morgan fingerprint density at radius 2 is 2.24 bits per heavy atom. The van der Waals surface area contributed by atoms with Crippen LogP contribution >= 0.6 is 11.3 Å². The molecule has 17 heavy (non-hydrogen) atoms. The lowest BCUT2D eigenvalue weighted by atomic mass is 10.2. The quantitative estimate of drug-likeness (QED) is 0.891. The highest BCUT2D eigenvalue weighted by Gasteiger charge is 2.30. The molecule has 0 atom stereocenters. The first-order valence-electron chi connectivity index (χ1n) is 6.41. The van der Waals surface area contributed by atoms with Gasteiger partial charge in [0.1, 0.15) is 0 Å². The zero-order valence-corrected chi connectivity index (χ0v) is 10.8. The highest BCUT2D eigenvalue weighted by atomic mass is 32.1. The Morgan fingerprint density at radius 3 is 3.00 bits per heavy atom. The van der Waals surface area contributed by atoms with Crippen LogP contribution in [-0.2, 0) is 11.3 Å². The van der Waals surface area contributed by atoms with Gasteiger partial charge in [-0.2, -0.15) is 0 Å². The van der Waals surface area contributed by atoms with Crippen LogP contribution < -0.4 is 10.6 Å². The van der Waals surface area contributed by atoms with Gasteiger partial charge in [0.2, 0.25) is 0 Å². The molecule has 0 unspecified atom stereocenters. The van der Waals surface area contributed by atoms with Gasteiger partial charge >= 0.3 is 0 Å². The zero-order valence-electron chi connectivity index (χ0n) is 10.0. The van der Waals surface area contributed by atoms with Crippen molar-refractivity contribution in [2.75, 3.05) is 31.2 Å². The molecule has 0 aromatic carbocycles. The summed E-state index contributed by atoms with van der Waals surface area (Å²) >= 11 is 1.78. The number of nitrogens with zero attached hydrogens (tertiary/aromatic N) is 2. The lowest BCUT2D eigenvalue weighted by Gasteiger charge is -2.17. The van der Waals surface area contributed by atoms with E-state index in [1.54, 1.807) is 11.3 Å². The molecule has 94 valence electrons. The molecule has 1 saturated heterocycles. The lowest BCUT2D eigenvalue weighted by Crippen LogP contribution is -2.25. The van der Waals surface area contributed by atoms with E-state index in [1.165, 1.54) is 23.4 Å². The van der Waals surface area contributed by atoms with Crippen LogP contribution in [0.5, 0.6) is 0 Å². The van der Waals surface area contributed by atoms with Crippen molar-refractivity contribution in [2.24, 2.45) is 5.73 Å². The molecule has 1 saturated carbocycles. The summed E-state index contributed by atoms with van der Waals surface area (Å²) in [5.74, 6) is 0.696. The Kier molecular flexibility index (Phi) is 3.31. The normalized spacial score (nSPS) is 21.6. The Labute approximate surface area is 106 Å². The summed E-state index contributed by atoms with van der Waals surface area (Å²) in [4.78, 5) is 8.45.